The quantitative estimate of drug-likeness (QED) is 0.647. The third kappa shape index (κ3) is 3.35. The van der Waals surface area contributed by atoms with Crippen LogP contribution in [-0.2, 0) is 0 Å². The van der Waals surface area contributed by atoms with Crippen LogP contribution in [0, 0.1) is 5.92 Å². The van der Waals surface area contributed by atoms with Crippen molar-refractivity contribution in [3.63, 3.8) is 0 Å². The van der Waals surface area contributed by atoms with E-state index in [4.69, 9.17) is 10.2 Å². The number of carbonyl (C=O) groups excluding carboxylic acids is 1. The maximum Gasteiger partial charge on any atom is 0.317 e. The van der Waals surface area contributed by atoms with Crippen molar-refractivity contribution >= 4 is 6.03 Å². The Kier molecular flexibility index (Phi) is 4.56. The van der Waals surface area contributed by atoms with E-state index in [2.05, 4.69) is 12.2 Å². The summed E-state index contributed by atoms with van der Waals surface area (Å²) in [4.78, 5) is 13.6. The normalized spacial score (nSPS) is 22.0. The molecule has 1 fully saturated rings. The van der Waals surface area contributed by atoms with Gasteiger partial charge in [-0.05, 0) is 25.7 Å². The smallest absolute Gasteiger partial charge is 0.317 e. The number of hydrogen-bond acceptors (Lipinski definition) is 3. The van der Waals surface area contributed by atoms with Crippen molar-refractivity contribution in [2.24, 2.45) is 5.92 Å². The van der Waals surface area contributed by atoms with Crippen molar-refractivity contribution in [3.8, 4) is 0 Å². The van der Waals surface area contributed by atoms with Gasteiger partial charge in [0, 0.05) is 13.1 Å². The first-order valence-corrected chi connectivity index (χ1v) is 5.79. The van der Waals surface area contributed by atoms with E-state index in [0.29, 0.717) is 5.92 Å². The van der Waals surface area contributed by atoms with Gasteiger partial charge in [-0.1, -0.05) is 6.92 Å². The molecule has 0 aromatic heterocycles. The molecule has 1 unspecified atom stereocenters. The highest BCUT2D eigenvalue weighted by molar-refractivity contribution is 5.75. The van der Waals surface area contributed by atoms with Gasteiger partial charge in [0.1, 0.15) is 0 Å². The fourth-order valence-corrected chi connectivity index (χ4v) is 1.84. The van der Waals surface area contributed by atoms with Gasteiger partial charge in [0.2, 0.25) is 0 Å². The zero-order valence-corrected chi connectivity index (χ0v) is 10.1. The Labute approximate surface area is 96.4 Å². The molecule has 0 spiro atoms. The van der Waals surface area contributed by atoms with Crippen LogP contribution in [-0.4, -0.2) is 53.0 Å². The zero-order valence-electron chi connectivity index (χ0n) is 10.1. The summed E-state index contributed by atoms with van der Waals surface area (Å²) >= 11 is 0. The van der Waals surface area contributed by atoms with Gasteiger partial charge in [-0.25, -0.2) is 4.79 Å². The van der Waals surface area contributed by atoms with Crippen LogP contribution in [0.2, 0.25) is 0 Å². The summed E-state index contributed by atoms with van der Waals surface area (Å²) in [5, 5.41) is 20.9. The number of hydrogen-bond donors (Lipinski definition) is 3. The van der Waals surface area contributed by atoms with Crippen molar-refractivity contribution < 1.29 is 15.0 Å². The Morgan fingerprint density at radius 3 is 2.62 bits per heavy atom. The van der Waals surface area contributed by atoms with E-state index in [1.807, 2.05) is 0 Å². The Morgan fingerprint density at radius 2 is 2.12 bits per heavy atom. The molecule has 0 bridgehead atoms. The van der Waals surface area contributed by atoms with Crippen LogP contribution in [0.3, 0.4) is 0 Å². The standard InChI is InChI=1S/C11H22N2O3/c1-9-4-3-5-13(6-9)10(16)12-11(2,7-14)8-15/h9,14-15H,3-8H2,1-2H3,(H,12,16). The first-order valence-electron chi connectivity index (χ1n) is 5.79. The summed E-state index contributed by atoms with van der Waals surface area (Å²) in [7, 11) is 0. The second-order valence-electron chi connectivity index (χ2n) is 5.00. The predicted molar refractivity (Wildman–Crippen MR) is 61.1 cm³/mol. The summed E-state index contributed by atoms with van der Waals surface area (Å²) < 4.78 is 0. The summed E-state index contributed by atoms with van der Waals surface area (Å²) in [5.41, 5.74) is -0.933. The highest BCUT2D eigenvalue weighted by Gasteiger charge is 2.28. The third-order valence-electron chi connectivity index (χ3n) is 3.05. The van der Waals surface area contributed by atoms with Crippen LogP contribution in [0.5, 0.6) is 0 Å². The Hall–Kier alpha value is -0.810. The second-order valence-corrected chi connectivity index (χ2v) is 5.00. The summed E-state index contributed by atoms with van der Waals surface area (Å²) in [6.45, 7) is 4.72. The lowest BCUT2D eigenvalue weighted by molar-refractivity contribution is 0.0960. The minimum atomic E-state index is -0.933. The van der Waals surface area contributed by atoms with Gasteiger partial charge in [-0.2, -0.15) is 0 Å². The molecule has 16 heavy (non-hydrogen) atoms. The van der Waals surface area contributed by atoms with Gasteiger partial charge in [0.25, 0.3) is 0 Å². The Bertz CT molecular complexity index is 241. The van der Waals surface area contributed by atoms with Crippen molar-refractivity contribution in [1.82, 2.24) is 10.2 Å². The monoisotopic (exact) mass is 230 g/mol. The number of amides is 2. The number of nitrogens with zero attached hydrogens (tertiary/aromatic N) is 1. The average Bonchev–Trinajstić information content (AvgIpc) is 2.29. The van der Waals surface area contributed by atoms with Gasteiger partial charge in [-0.15, -0.1) is 0 Å². The number of aliphatic hydroxyl groups is 2. The topological polar surface area (TPSA) is 72.8 Å². The van der Waals surface area contributed by atoms with Gasteiger partial charge in [0.15, 0.2) is 0 Å². The van der Waals surface area contributed by atoms with E-state index in [-0.39, 0.29) is 19.2 Å². The van der Waals surface area contributed by atoms with Gasteiger partial charge in [0.05, 0.1) is 18.8 Å². The zero-order chi connectivity index (χ0) is 12.2. The van der Waals surface area contributed by atoms with E-state index < -0.39 is 5.54 Å². The maximum atomic E-state index is 11.9. The molecule has 1 saturated heterocycles. The van der Waals surface area contributed by atoms with Crippen molar-refractivity contribution in [2.45, 2.75) is 32.2 Å². The number of aliphatic hydroxyl groups excluding tert-OH is 2. The van der Waals surface area contributed by atoms with E-state index in [1.165, 1.54) is 0 Å². The van der Waals surface area contributed by atoms with Crippen LogP contribution < -0.4 is 5.32 Å². The Balaban J connectivity index is 2.51. The van der Waals surface area contributed by atoms with Crippen molar-refractivity contribution in [3.05, 3.63) is 0 Å². The minimum absolute atomic E-state index is 0.197. The maximum absolute atomic E-state index is 11.9. The van der Waals surface area contributed by atoms with E-state index >= 15 is 0 Å². The van der Waals surface area contributed by atoms with Crippen LogP contribution in [0.25, 0.3) is 0 Å². The number of carbonyl (C=O) groups is 1. The largest absolute Gasteiger partial charge is 0.394 e. The number of likely N-dealkylation sites (tertiary alicyclic amines) is 1. The lowest BCUT2D eigenvalue weighted by Gasteiger charge is -2.35. The Morgan fingerprint density at radius 1 is 1.50 bits per heavy atom. The van der Waals surface area contributed by atoms with E-state index in [0.717, 1.165) is 25.9 Å². The van der Waals surface area contributed by atoms with Crippen LogP contribution in [0.1, 0.15) is 26.7 Å². The molecule has 3 N–H and O–H groups in total. The summed E-state index contributed by atoms with van der Waals surface area (Å²) in [5.74, 6) is 0.522. The van der Waals surface area contributed by atoms with Gasteiger partial charge >= 0.3 is 6.03 Å². The van der Waals surface area contributed by atoms with Gasteiger partial charge < -0.3 is 20.4 Å². The first kappa shape index (κ1) is 13.3. The molecule has 0 radical (unpaired) electrons. The molecule has 0 saturated carbocycles. The number of piperidine rings is 1. The molecule has 1 rings (SSSR count). The molecule has 0 aromatic rings. The molecular weight excluding hydrogens is 208 g/mol. The molecular formula is C11H22N2O3. The number of urea groups is 1. The number of nitrogens with one attached hydrogen (secondary N) is 1. The lowest BCUT2D eigenvalue weighted by Crippen LogP contribution is -2.57. The molecule has 1 aliphatic rings. The molecule has 2 amide bonds. The fourth-order valence-electron chi connectivity index (χ4n) is 1.84. The van der Waals surface area contributed by atoms with E-state index in [9.17, 15) is 4.79 Å². The second kappa shape index (κ2) is 5.50. The highest BCUT2D eigenvalue weighted by Crippen LogP contribution is 2.16. The predicted octanol–water partition coefficient (Wildman–Crippen LogP) is 0.171. The van der Waals surface area contributed by atoms with Crippen LogP contribution >= 0.6 is 0 Å². The molecule has 5 heteroatoms. The highest BCUT2D eigenvalue weighted by atomic mass is 16.3. The summed E-state index contributed by atoms with van der Waals surface area (Å²) in [6, 6.07) is -0.197. The van der Waals surface area contributed by atoms with E-state index in [1.54, 1.807) is 11.8 Å². The average molecular weight is 230 g/mol. The molecule has 5 nitrogen and oxygen atoms in total. The molecule has 1 heterocycles. The van der Waals surface area contributed by atoms with Crippen LogP contribution in [0.4, 0.5) is 4.79 Å². The molecule has 1 atom stereocenters. The molecule has 1 aliphatic heterocycles. The van der Waals surface area contributed by atoms with Crippen molar-refractivity contribution in [2.75, 3.05) is 26.3 Å². The molecule has 0 aliphatic carbocycles. The lowest BCUT2D eigenvalue weighted by atomic mass is 10.0. The molecule has 94 valence electrons. The fraction of sp³-hybridized carbons (Fsp3) is 0.909. The SMILES string of the molecule is CC1CCCN(C(=O)NC(C)(CO)CO)C1. The van der Waals surface area contributed by atoms with Crippen molar-refractivity contribution in [1.29, 1.82) is 0 Å². The molecule has 0 aromatic carbocycles. The third-order valence-corrected chi connectivity index (χ3v) is 3.05. The van der Waals surface area contributed by atoms with Crippen LogP contribution in [0.15, 0.2) is 0 Å². The first-order chi connectivity index (χ1) is 7.50. The summed E-state index contributed by atoms with van der Waals surface area (Å²) in [6.07, 6.45) is 2.17. The minimum Gasteiger partial charge on any atom is -0.394 e. The number of rotatable bonds is 3. The van der Waals surface area contributed by atoms with Gasteiger partial charge in [-0.3, -0.25) is 0 Å².